The number of β-amino-alcohol motifs (C(OH)–C–C–N with tert-alkyl or cyclic N) is 1. The van der Waals surface area contributed by atoms with Gasteiger partial charge < -0.3 is 5.11 Å². The fraction of sp³-hybridized carbons (Fsp3) is 0.360. The molecule has 0 aliphatic carbocycles. The summed E-state index contributed by atoms with van der Waals surface area (Å²) in [5, 5.41) is 12.2. The first-order valence-corrected chi connectivity index (χ1v) is 12.3. The average Bonchev–Trinajstić information content (AvgIpc) is 3.44. The monoisotopic (exact) mass is 494 g/mol. The van der Waals surface area contributed by atoms with Gasteiger partial charge in [-0.3, -0.25) is 28.5 Å². The molecule has 3 aromatic heterocycles. The average molecular weight is 495 g/mol. The summed E-state index contributed by atoms with van der Waals surface area (Å²) < 4.78 is 2.64. The number of para-hydroxylation sites is 1. The molecule has 1 atom stereocenters. The number of fused-ring (bicyclic) bond motifs is 2. The molecule has 35 heavy (non-hydrogen) atoms. The molecule has 1 saturated heterocycles. The summed E-state index contributed by atoms with van der Waals surface area (Å²) in [6, 6.07) is 9.64. The first kappa shape index (κ1) is 23.4. The highest BCUT2D eigenvalue weighted by Gasteiger charge is 2.33. The fourth-order valence-electron chi connectivity index (χ4n) is 4.47. The van der Waals surface area contributed by atoms with Crippen LogP contribution in [0.15, 0.2) is 46.1 Å². The zero-order valence-corrected chi connectivity index (χ0v) is 20.5. The van der Waals surface area contributed by atoms with Crippen LogP contribution in [0.3, 0.4) is 0 Å². The second-order valence-electron chi connectivity index (χ2n) is 9.21. The van der Waals surface area contributed by atoms with Gasteiger partial charge in [-0.1, -0.05) is 32.0 Å². The van der Waals surface area contributed by atoms with Gasteiger partial charge >= 0.3 is 5.69 Å². The third-order valence-electron chi connectivity index (χ3n) is 6.12. The van der Waals surface area contributed by atoms with Gasteiger partial charge in [0.15, 0.2) is 0 Å². The van der Waals surface area contributed by atoms with Crippen molar-refractivity contribution in [2.45, 2.75) is 32.9 Å². The molecular formula is C25H26N4O5S. The Bertz CT molecular complexity index is 1560. The lowest BCUT2D eigenvalue weighted by molar-refractivity contribution is -0.0778. The van der Waals surface area contributed by atoms with Crippen molar-refractivity contribution in [3.63, 3.8) is 0 Å². The summed E-state index contributed by atoms with van der Waals surface area (Å²) >= 11 is 1.28. The van der Waals surface area contributed by atoms with E-state index in [1.54, 1.807) is 10.8 Å². The van der Waals surface area contributed by atoms with Crippen LogP contribution >= 0.6 is 11.3 Å². The molecule has 1 fully saturated rings. The van der Waals surface area contributed by atoms with E-state index < -0.39 is 23.3 Å². The van der Waals surface area contributed by atoms with Gasteiger partial charge in [0, 0.05) is 36.5 Å². The number of amides is 1. The predicted molar refractivity (Wildman–Crippen MR) is 134 cm³/mol. The molecule has 0 spiro atoms. The van der Waals surface area contributed by atoms with E-state index in [2.05, 4.69) is 4.98 Å². The van der Waals surface area contributed by atoms with Crippen LogP contribution in [0.25, 0.3) is 21.1 Å². The topological polar surface area (TPSA) is 107 Å². The number of pyridine rings is 1. The van der Waals surface area contributed by atoms with Crippen LogP contribution < -0.4 is 11.2 Å². The SMILES string of the molecule is CC(C)Cn1c(=O)n(C)c(=O)c2c(C(=O)N3C[C@H](O)CO3)c(Cc3ccnc4ccccc34)sc21. The fourth-order valence-corrected chi connectivity index (χ4v) is 5.78. The van der Waals surface area contributed by atoms with E-state index in [1.165, 1.54) is 18.4 Å². The van der Waals surface area contributed by atoms with Crippen LogP contribution in [-0.4, -0.2) is 49.5 Å². The minimum absolute atomic E-state index is 0.00814. The summed E-state index contributed by atoms with van der Waals surface area (Å²) in [7, 11) is 1.43. The molecule has 182 valence electrons. The second kappa shape index (κ2) is 9.03. The summed E-state index contributed by atoms with van der Waals surface area (Å²) in [6.07, 6.45) is 1.30. The molecule has 1 N–H and O–H groups in total. The van der Waals surface area contributed by atoms with E-state index in [4.69, 9.17) is 4.84 Å². The molecule has 1 aliphatic heterocycles. The Morgan fingerprint density at radius 3 is 2.74 bits per heavy atom. The molecule has 0 saturated carbocycles. The highest BCUT2D eigenvalue weighted by Crippen LogP contribution is 2.33. The molecule has 4 heterocycles. The van der Waals surface area contributed by atoms with Gasteiger partial charge in [0.25, 0.3) is 11.5 Å². The van der Waals surface area contributed by atoms with Crippen molar-refractivity contribution < 1.29 is 14.7 Å². The van der Waals surface area contributed by atoms with Crippen molar-refractivity contribution >= 4 is 38.4 Å². The second-order valence-corrected chi connectivity index (χ2v) is 10.3. The number of thiophene rings is 1. The standard InChI is InChI=1S/C25H26N4O5S/c1-14(2)11-28-24-21(22(31)27(3)25(28)33)20(23(32)29-12-16(30)13-34-29)19(35-24)10-15-8-9-26-18-7-5-4-6-17(15)18/h4-9,14,16,30H,10-13H2,1-3H3/t16-/m0/s1. The van der Waals surface area contributed by atoms with Crippen molar-refractivity contribution in [1.82, 2.24) is 19.2 Å². The Morgan fingerprint density at radius 1 is 1.26 bits per heavy atom. The number of aliphatic hydroxyl groups is 1. The zero-order chi connectivity index (χ0) is 24.9. The smallest absolute Gasteiger partial charge is 0.331 e. The molecule has 1 aromatic carbocycles. The van der Waals surface area contributed by atoms with E-state index >= 15 is 0 Å². The molecule has 0 unspecified atom stereocenters. The molecule has 5 rings (SSSR count). The Morgan fingerprint density at radius 2 is 2.03 bits per heavy atom. The number of nitrogens with zero attached hydrogens (tertiary/aromatic N) is 4. The lowest BCUT2D eigenvalue weighted by Gasteiger charge is -2.15. The number of carbonyl (C=O) groups is 1. The molecule has 0 radical (unpaired) electrons. The lowest BCUT2D eigenvalue weighted by atomic mass is 10.0. The zero-order valence-electron chi connectivity index (χ0n) is 19.7. The minimum atomic E-state index is -0.793. The number of rotatable bonds is 5. The Hall–Kier alpha value is -3.34. The Labute approximate surface area is 204 Å². The first-order valence-electron chi connectivity index (χ1n) is 11.5. The van der Waals surface area contributed by atoms with Gasteiger partial charge in [-0.05, 0) is 23.6 Å². The first-order chi connectivity index (χ1) is 16.8. The van der Waals surface area contributed by atoms with Crippen molar-refractivity contribution in [1.29, 1.82) is 0 Å². The van der Waals surface area contributed by atoms with Crippen LogP contribution in [0, 0.1) is 5.92 Å². The van der Waals surface area contributed by atoms with Crippen molar-refractivity contribution in [2.24, 2.45) is 13.0 Å². The largest absolute Gasteiger partial charge is 0.389 e. The number of benzene rings is 1. The van der Waals surface area contributed by atoms with Gasteiger partial charge in [-0.2, -0.15) is 0 Å². The summed E-state index contributed by atoms with van der Waals surface area (Å²) in [6.45, 7) is 4.42. The van der Waals surface area contributed by atoms with Crippen molar-refractivity contribution in [2.75, 3.05) is 13.2 Å². The maximum absolute atomic E-state index is 13.7. The maximum Gasteiger partial charge on any atom is 0.331 e. The van der Waals surface area contributed by atoms with Gasteiger partial charge in [0.05, 0.1) is 23.0 Å². The number of hydrogen-bond donors (Lipinski definition) is 1. The van der Waals surface area contributed by atoms with Crippen molar-refractivity contribution in [3.05, 3.63) is 73.4 Å². The number of aromatic nitrogens is 3. The lowest BCUT2D eigenvalue weighted by Crippen LogP contribution is -2.39. The van der Waals surface area contributed by atoms with Gasteiger partial charge in [-0.25, -0.2) is 9.86 Å². The third-order valence-corrected chi connectivity index (χ3v) is 7.33. The maximum atomic E-state index is 13.7. The van der Waals surface area contributed by atoms with Crippen LogP contribution in [0.4, 0.5) is 0 Å². The Kier molecular flexibility index (Phi) is 6.04. The molecule has 10 heteroatoms. The molecule has 1 amide bonds. The highest BCUT2D eigenvalue weighted by atomic mass is 32.1. The quantitative estimate of drug-likeness (QED) is 0.456. The predicted octanol–water partition coefficient (Wildman–Crippen LogP) is 2.31. The molecule has 4 aromatic rings. The van der Waals surface area contributed by atoms with Gasteiger partial charge in [0.1, 0.15) is 17.5 Å². The van der Waals surface area contributed by atoms with E-state index in [0.29, 0.717) is 22.7 Å². The third kappa shape index (κ3) is 4.07. The Balaban J connectivity index is 1.77. The van der Waals surface area contributed by atoms with Gasteiger partial charge in [0.2, 0.25) is 0 Å². The number of hydrogen-bond acceptors (Lipinski definition) is 7. The molecule has 9 nitrogen and oxygen atoms in total. The van der Waals surface area contributed by atoms with E-state index in [9.17, 15) is 19.5 Å². The molecular weight excluding hydrogens is 468 g/mol. The molecule has 0 bridgehead atoms. The normalized spacial score (nSPS) is 16.1. The van der Waals surface area contributed by atoms with E-state index in [0.717, 1.165) is 26.1 Å². The number of carbonyl (C=O) groups excluding carboxylic acids is 1. The molecule has 1 aliphatic rings. The van der Waals surface area contributed by atoms with E-state index in [1.807, 2.05) is 44.2 Å². The summed E-state index contributed by atoms with van der Waals surface area (Å²) in [4.78, 5) is 51.0. The van der Waals surface area contributed by atoms with Crippen LogP contribution in [0.2, 0.25) is 0 Å². The van der Waals surface area contributed by atoms with Crippen LogP contribution in [0.5, 0.6) is 0 Å². The van der Waals surface area contributed by atoms with Gasteiger partial charge in [-0.15, -0.1) is 11.3 Å². The minimum Gasteiger partial charge on any atom is -0.389 e. The van der Waals surface area contributed by atoms with Crippen LogP contribution in [0.1, 0.15) is 34.6 Å². The summed E-state index contributed by atoms with van der Waals surface area (Å²) in [5.41, 5.74) is 1.07. The number of hydroxylamine groups is 2. The van der Waals surface area contributed by atoms with Crippen LogP contribution in [-0.2, 0) is 24.9 Å². The van der Waals surface area contributed by atoms with E-state index in [-0.39, 0.29) is 30.0 Å². The highest BCUT2D eigenvalue weighted by molar-refractivity contribution is 7.19. The summed E-state index contributed by atoms with van der Waals surface area (Å²) in [5.74, 6) is -0.340. The van der Waals surface area contributed by atoms with Crippen molar-refractivity contribution in [3.8, 4) is 0 Å². The number of aliphatic hydroxyl groups excluding tert-OH is 1.